The average Bonchev–Trinajstić information content (AvgIpc) is 3.05. The molecule has 3 heterocycles. The fourth-order valence-electron chi connectivity index (χ4n) is 5.31. The largest absolute Gasteiger partial charge is 0.444 e. The van der Waals surface area contributed by atoms with Gasteiger partial charge in [-0.2, -0.15) is 0 Å². The molecule has 3 aliphatic heterocycles. The summed E-state index contributed by atoms with van der Waals surface area (Å²) in [5, 5.41) is 0. The Labute approximate surface area is 302 Å². The zero-order valence-corrected chi connectivity index (χ0v) is 32.0. The van der Waals surface area contributed by atoms with Gasteiger partial charge in [0, 0.05) is 57.0 Å². The summed E-state index contributed by atoms with van der Waals surface area (Å²) in [5.74, 6) is 14.5. The van der Waals surface area contributed by atoms with E-state index in [1.54, 1.807) is 14.7 Å². The molecular weight excluding hydrogens is 666 g/mol. The molecule has 6 amide bonds. The molecule has 51 heavy (non-hydrogen) atoms. The molecule has 0 aromatic rings. The second-order valence-corrected chi connectivity index (χ2v) is 15.8. The smallest absolute Gasteiger partial charge is 0.410 e. The van der Waals surface area contributed by atoms with Crippen LogP contribution in [0.15, 0.2) is 0 Å². The fraction of sp³-hybridized carbons (Fsp3) is 0.818. The number of carbonyl (C=O) groups is 6. The number of hydrogen-bond acceptors (Lipinski definition) is 12. The lowest BCUT2D eigenvalue weighted by Gasteiger charge is -2.32. The van der Waals surface area contributed by atoms with Crippen LogP contribution in [-0.2, 0) is 28.6 Å². The van der Waals surface area contributed by atoms with E-state index in [-0.39, 0.29) is 53.8 Å². The fourth-order valence-corrected chi connectivity index (χ4v) is 5.31. The van der Waals surface area contributed by atoms with E-state index < -0.39 is 16.8 Å². The van der Waals surface area contributed by atoms with Crippen molar-refractivity contribution in [1.29, 1.82) is 0 Å². The third kappa shape index (κ3) is 17.7. The normalized spacial score (nSPS) is 17.8. The molecule has 3 rings (SSSR count). The lowest BCUT2D eigenvalue weighted by molar-refractivity contribution is -0.127. The van der Waals surface area contributed by atoms with Crippen LogP contribution in [-0.4, -0.2) is 107 Å². The van der Waals surface area contributed by atoms with E-state index in [9.17, 15) is 28.8 Å². The van der Waals surface area contributed by atoms with E-state index in [0.717, 1.165) is 0 Å². The molecule has 0 aliphatic carbocycles. The van der Waals surface area contributed by atoms with E-state index in [1.165, 1.54) is 0 Å². The summed E-state index contributed by atoms with van der Waals surface area (Å²) in [7, 11) is 0. The van der Waals surface area contributed by atoms with Gasteiger partial charge in [0.1, 0.15) is 16.8 Å². The molecule has 3 saturated heterocycles. The molecule has 0 unspecified atom stereocenters. The van der Waals surface area contributed by atoms with Crippen LogP contribution >= 0.6 is 0 Å². The van der Waals surface area contributed by atoms with Crippen molar-refractivity contribution in [2.45, 2.75) is 118 Å². The Bertz CT molecular complexity index is 1020. The molecule has 0 aromatic carbocycles. The number of carbonyl (C=O) groups excluding carboxylic acids is 6. The van der Waals surface area contributed by atoms with E-state index in [0.29, 0.717) is 77.8 Å². The highest BCUT2D eigenvalue weighted by molar-refractivity contribution is 5.79. The summed E-state index contributed by atoms with van der Waals surface area (Å²) in [6.07, 6.45) is 2.82. The van der Waals surface area contributed by atoms with Gasteiger partial charge in [-0.05, 0) is 101 Å². The monoisotopic (exact) mass is 729 g/mol. The number of nitrogens with two attached hydrogens (primary N) is 3. The number of amides is 6. The van der Waals surface area contributed by atoms with Crippen LogP contribution < -0.4 is 33.8 Å². The molecule has 0 aromatic heterocycles. The van der Waals surface area contributed by atoms with Gasteiger partial charge in [-0.1, -0.05) is 0 Å². The van der Waals surface area contributed by atoms with Crippen LogP contribution in [0.1, 0.15) is 101 Å². The predicted molar refractivity (Wildman–Crippen MR) is 189 cm³/mol. The molecule has 0 radical (unpaired) electrons. The van der Waals surface area contributed by atoms with Crippen LogP contribution in [0.25, 0.3) is 0 Å². The summed E-state index contributed by atoms with van der Waals surface area (Å²) in [6.45, 7) is 19.7. The van der Waals surface area contributed by atoms with Crippen molar-refractivity contribution in [2.75, 3.05) is 39.3 Å². The van der Waals surface area contributed by atoms with Gasteiger partial charge in [0.25, 0.3) is 0 Å². The van der Waals surface area contributed by atoms with Gasteiger partial charge < -0.3 is 28.9 Å². The van der Waals surface area contributed by atoms with Crippen LogP contribution in [0.3, 0.4) is 0 Å². The van der Waals surface area contributed by atoms with E-state index >= 15 is 0 Å². The van der Waals surface area contributed by atoms with Crippen molar-refractivity contribution in [3.8, 4) is 0 Å². The molecule has 0 bridgehead atoms. The molecule has 3 fully saturated rings. The van der Waals surface area contributed by atoms with Crippen molar-refractivity contribution in [2.24, 2.45) is 35.3 Å². The van der Waals surface area contributed by atoms with Crippen LogP contribution in [0.4, 0.5) is 14.4 Å². The van der Waals surface area contributed by atoms with E-state index in [4.69, 9.17) is 31.7 Å². The van der Waals surface area contributed by atoms with Crippen LogP contribution in [0.5, 0.6) is 0 Å². The Morgan fingerprint density at radius 3 is 0.745 bits per heavy atom. The van der Waals surface area contributed by atoms with E-state index in [1.807, 2.05) is 62.3 Å². The summed E-state index contributed by atoms with van der Waals surface area (Å²) in [4.78, 5) is 74.0. The summed E-state index contributed by atoms with van der Waals surface area (Å²) in [6, 6.07) is 0. The minimum Gasteiger partial charge on any atom is -0.444 e. The first-order valence-corrected chi connectivity index (χ1v) is 17.4. The number of ether oxygens (including phenoxy) is 3. The highest BCUT2D eigenvalue weighted by Gasteiger charge is 2.32. The Kier molecular flexibility index (Phi) is 17.9. The summed E-state index contributed by atoms with van der Waals surface area (Å²) < 4.78 is 15.8. The SMILES string of the molecule is CC(C)(C)OC(=O)N1CCC(C(=O)NN)CC1.CC(C)(C)OC(=O)N1CCC(C(=O)NN)CC1.CC(C)(C)OC(=O)N1CCC(C(=O)NN)CC1. The van der Waals surface area contributed by atoms with Crippen molar-refractivity contribution >= 4 is 36.0 Å². The summed E-state index contributed by atoms with van der Waals surface area (Å²) in [5.41, 5.74) is 4.98. The second-order valence-electron chi connectivity index (χ2n) is 15.8. The second kappa shape index (κ2) is 20.2. The highest BCUT2D eigenvalue weighted by Crippen LogP contribution is 2.22. The molecule has 0 atom stereocenters. The quantitative estimate of drug-likeness (QED) is 0.105. The standard InChI is InChI=1S/3C11H21N3O3/c3*1-11(2,3)17-10(16)14-6-4-8(5-7-14)9(15)13-12/h3*8H,4-7,12H2,1-3H3,(H,13,15). The molecule has 294 valence electrons. The Morgan fingerprint density at radius 2 is 0.608 bits per heavy atom. The lowest BCUT2D eigenvalue weighted by atomic mass is 9.96. The maximum absolute atomic E-state index is 11.7. The Balaban J connectivity index is 0.000000382. The van der Waals surface area contributed by atoms with Crippen molar-refractivity contribution < 1.29 is 43.0 Å². The lowest BCUT2D eigenvalue weighted by Crippen LogP contribution is -2.45. The first-order valence-electron chi connectivity index (χ1n) is 17.4. The minimum absolute atomic E-state index is 0.0984. The van der Waals surface area contributed by atoms with Crippen molar-refractivity contribution in [3.63, 3.8) is 0 Å². The molecule has 18 heteroatoms. The predicted octanol–water partition coefficient (Wildman–Crippen LogP) is 1.87. The van der Waals surface area contributed by atoms with Crippen molar-refractivity contribution in [3.05, 3.63) is 0 Å². The number of nitrogens with zero attached hydrogens (tertiary/aromatic N) is 3. The maximum Gasteiger partial charge on any atom is 0.410 e. The third-order valence-electron chi connectivity index (χ3n) is 7.98. The maximum atomic E-state index is 11.7. The first kappa shape index (κ1) is 45.1. The molecular formula is C33H63N9O9. The molecule has 9 N–H and O–H groups in total. The average molecular weight is 730 g/mol. The number of nitrogens with one attached hydrogen (secondary N) is 3. The van der Waals surface area contributed by atoms with Gasteiger partial charge in [-0.3, -0.25) is 30.7 Å². The topological polar surface area (TPSA) is 254 Å². The van der Waals surface area contributed by atoms with Gasteiger partial charge in [-0.15, -0.1) is 0 Å². The number of piperidine rings is 3. The third-order valence-corrected chi connectivity index (χ3v) is 7.98. The summed E-state index contributed by atoms with van der Waals surface area (Å²) >= 11 is 0. The van der Waals surface area contributed by atoms with Gasteiger partial charge in [-0.25, -0.2) is 31.9 Å². The number of likely N-dealkylation sites (tertiary alicyclic amines) is 3. The van der Waals surface area contributed by atoms with Gasteiger partial charge >= 0.3 is 18.3 Å². The Hall–Kier alpha value is -3.90. The first-order chi connectivity index (χ1) is 23.5. The molecule has 3 aliphatic rings. The highest BCUT2D eigenvalue weighted by atomic mass is 16.6. The van der Waals surface area contributed by atoms with Crippen LogP contribution in [0, 0.1) is 17.8 Å². The molecule has 18 nitrogen and oxygen atoms in total. The van der Waals surface area contributed by atoms with Crippen molar-refractivity contribution in [1.82, 2.24) is 31.0 Å². The Morgan fingerprint density at radius 1 is 0.431 bits per heavy atom. The zero-order chi connectivity index (χ0) is 39.2. The zero-order valence-electron chi connectivity index (χ0n) is 32.0. The van der Waals surface area contributed by atoms with Gasteiger partial charge in [0.2, 0.25) is 17.7 Å². The van der Waals surface area contributed by atoms with Crippen LogP contribution in [0.2, 0.25) is 0 Å². The number of hydrogen-bond donors (Lipinski definition) is 6. The van der Waals surface area contributed by atoms with E-state index in [2.05, 4.69) is 16.3 Å². The number of rotatable bonds is 3. The van der Waals surface area contributed by atoms with Gasteiger partial charge in [0.15, 0.2) is 0 Å². The molecule has 0 spiro atoms. The minimum atomic E-state index is -0.484. The van der Waals surface area contributed by atoms with Gasteiger partial charge in [0.05, 0.1) is 0 Å². The number of hydrazine groups is 3. The molecule has 0 saturated carbocycles.